The minimum atomic E-state index is -3.74. The number of aryl methyl sites for hydroxylation is 1. The van der Waals surface area contributed by atoms with Gasteiger partial charge in [0, 0.05) is 16.7 Å². The molecule has 3 N–H and O–H groups in total. The molecule has 0 fully saturated rings. The fraction of sp³-hybridized carbons (Fsp3) is 0.214. The van der Waals surface area contributed by atoms with Crippen LogP contribution in [0.4, 0.5) is 5.82 Å². The van der Waals surface area contributed by atoms with Crippen LogP contribution in [0.2, 0.25) is 0 Å². The number of aromatic nitrogens is 1. The van der Waals surface area contributed by atoms with Crippen LogP contribution in [0.25, 0.3) is 0 Å². The molecule has 2 rings (SSSR count). The van der Waals surface area contributed by atoms with Gasteiger partial charge in [-0.1, -0.05) is 29.8 Å². The number of hydrogen-bond donors (Lipinski definition) is 2. The fourth-order valence-corrected chi connectivity index (χ4v) is 3.69. The average Bonchev–Trinajstić information content (AvgIpc) is 2.41. The Hall–Kier alpha value is -1.44. The van der Waals surface area contributed by atoms with Gasteiger partial charge in [-0.05, 0) is 41.4 Å². The van der Waals surface area contributed by atoms with Crippen LogP contribution in [-0.2, 0) is 10.0 Å². The van der Waals surface area contributed by atoms with Crippen LogP contribution in [0.1, 0.15) is 24.1 Å². The zero-order chi connectivity index (χ0) is 15.6. The predicted octanol–water partition coefficient (Wildman–Crippen LogP) is 2.77. The number of sulfonamides is 1. The van der Waals surface area contributed by atoms with E-state index in [1.807, 2.05) is 31.2 Å². The van der Waals surface area contributed by atoms with E-state index < -0.39 is 10.0 Å². The highest BCUT2D eigenvalue weighted by molar-refractivity contribution is 9.10. The van der Waals surface area contributed by atoms with Crippen molar-refractivity contribution in [2.75, 3.05) is 5.73 Å². The lowest BCUT2D eigenvalue weighted by Crippen LogP contribution is -2.27. The highest BCUT2D eigenvalue weighted by Crippen LogP contribution is 2.23. The Labute approximate surface area is 132 Å². The first-order valence-electron chi connectivity index (χ1n) is 6.29. The van der Waals surface area contributed by atoms with Gasteiger partial charge >= 0.3 is 0 Å². The predicted molar refractivity (Wildman–Crippen MR) is 86.3 cm³/mol. The van der Waals surface area contributed by atoms with Gasteiger partial charge in [-0.15, -0.1) is 0 Å². The topological polar surface area (TPSA) is 85.1 Å². The molecule has 112 valence electrons. The third-order valence-electron chi connectivity index (χ3n) is 3.05. The summed E-state index contributed by atoms with van der Waals surface area (Å²) in [6.45, 7) is 3.76. The number of pyridine rings is 1. The van der Waals surface area contributed by atoms with Crippen molar-refractivity contribution in [2.24, 2.45) is 0 Å². The number of anilines is 1. The largest absolute Gasteiger partial charge is 0.383 e. The zero-order valence-electron chi connectivity index (χ0n) is 11.7. The maximum absolute atomic E-state index is 12.4. The van der Waals surface area contributed by atoms with Crippen molar-refractivity contribution in [2.45, 2.75) is 24.8 Å². The molecule has 0 aliphatic rings. The van der Waals surface area contributed by atoms with Crippen molar-refractivity contribution >= 4 is 31.8 Å². The molecule has 0 aliphatic heterocycles. The normalized spacial score (nSPS) is 13.1. The Morgan fingerprint density at radius 2 is 1.90 bits per heavy atom. The first-order valence-corrected chi connectivity index (χ1v) is 8.57. The molecule has 1 heterocycles. The van der Waals surface area contributed by atoms with E-state index in [0.717, 1.165) is 11.1 Å². The monoisotopic (exact) mass is 369 g/mol. The van der Waals surface area contributed by atoms with Crippen molar-refractivity contribution in [3.63, 3.8) is 0 Å². The summed E-state index contributed by atoms with van der Waals surface area (Å²) in [7, 11) is -3.74. The number of benzene rings is 1. The van der Waals surface area contributed by atoms with Gasteiger partial charge in [0.1, 0.15) is 10.7 Å². The van der Waals surface area contributed by atoms with Gasteiger partial charge in [-0.25, -0.2) is 18.1 Å². The second-order valence-electron chi connectivity index (χ2n) is 4.79. The van der Waals surface area contributed by atoms with Gasteiger partial charge < -0.3 is 5.73 Å². The summed E-state index contributed by atoms with van der Waals surface area (Å²) in [6.07, 6.45) is 1.46. The number of halogens is 1. The Morgan fingerprint density at radius 1 is 1.29 bits per heavy atom. The molecule has 0 saturated heterocycles. The van der Waals surface area contributed by atoms with Crippen molar-refractivity contribution in [1.82, 2.24) is 9.71 Å². The number of rotatable bonds is 4. The summed E-state index contributed by atoms with van der Waals surface area (Å²) in [5.74, 6) is -0.0261. The van der Waals surface area contributed by atoms with Crippen LogP contribution in [0.3, 0.4) is 0 Å². The Kier molecular flexibility index (Phi) is 4.65. The third-order valence-corrected chi connectivity index (χ3v) is 5.05. The minimum Gasteiger partial charge on any atom is -0.383 e. The number of nitrogen functional groups attached to an aromatic ring is 1. The molecule has 1 aromatic carbocycles. The summed E-state index contributed by atoms with van der Waals surface area (Å²) in [5.41, 5.74) is 7.66. The van der Waals surface area contributed by atoms with Crippen LogP contribution in [0.15, 0.2) is 45.9 Å². The van der Waals surface area contributed by atoms with Gasteiger partial charge in [-0.3, -0.25) is 0 Å². The molecule has 7 heteroatoms. The van der Waals surface area contributed by atoms with Crippen LogP contribution in [0, 0.1) is 6.92 Å². The fourth-order valence-electron chi connectivity index (χ4n) is 1.87. The van der Waals surface area contributed by atoms with Crippen LogP contribution < -0.4 is 10.5 Å². The molecule has 1 aromatic heterocycles. The lowest BCUT2D eigenvalue weighted by Gasteiger charge is -2.15. The molecule has 0 spiro atoms. The molecule has 5 nitrogen and oxygen atoms in total. The lowest BCUT2D eigenvalue weighted by molar-refractivity contribution is 0.567. The van der Waals surface area contributed by atoms with Gasteiger partial charge in [0.15, 0.2) is 0 Å². The van der Waals surface area contributed by atoms with E-state index in [4.69, 9.17) is 5.73 Å². The maximum atomic E-state index is 12.4. The summed E-state index contributed by atoms with van der Waals surface area (Å²) < 4.78 is 28.0. The smallest absolute Gasteiger partial charge is 0.244 e. The van der Waals surface area contributed by atoms with E-state index in [1.54, 1.807) is 6.92 Å². The van der Waals surface area contributed by atoms with Crippen molar-refractivity contribution in [3.8, 4) is 0 Å². The molecule has 0 amide bonds. The lowest BCUT2D eigenvalue weighted by atomic mass is 10.1. The number of hydrogen-bond acceptors (Lipinski definition) is 4. The second kappa shape index (κ2) is 6.13. The zero-order valence-corrected chi connectivity index (χ0v) is 14.1. The molecule has 0 aliphatic carbocycles. The van der Waals surface area contributed by atoms with E-state index in [9.17, 15) is 8.42 Å². The molecular weight excluding hydrogens is 354 g/mol. The van der Waals surface area contributed by atoms with E-state index in [1.165, 1.54) is 12.3 Å². The van der Waals surface area contributed by atoms with Gasteiger partial charge in [0.2, 0.25) is 10.0 Å². The number of nitrogens with two attached hydrogens (primary N) is 1. The first-order chi connectivity index (χ1) is 9.79. The molecule has 1 unspecified atom stereocenters. The molecule has 1 atom stereocenters. The van der Waals surface area contributed by atoms with Crippen LogP contribution in [-0.4, -0.2) is 13.4 Å². The molecule has 0 radical (unpaired) electrons. The Bertz CT molecular complexity index is 745. The van der Waals surface area contributed by atoms with Crippen molar-refractivity contribution < 1.29 is 8.42 Å². The number of nitrogens with one attached hydrogen (secondary N) is 1. The molecule has 21 heavy (non-hydrogen) atoms. The van der Waals surface area contributed by atoms with Crippen molar-refractivity contribution in [1.29, 1.82) is 0 Å². The van der Waals surface area contributed by atoms with Crippen molar-refractivity contribution in [3.05, 3.63) is 52.1 Å². The van der Waals surface area contributed by atoms with Crippen LogP contribution in [0.5, 0.6) is 0 Å². The first kappa shape index (κ1) is 15.9. The third kappa shape index (κ3) is 3.81. The molecule has 0 saturated carbocycles. The number of nitrogens with zero attached hydrogens (tertiary/aromatic N) is 1. The summed E-state index contributed by atoms with van der Waals surface area (Å²) in [5, 5.41) is 0. The van der Waals surface area contributed by atoms with E-state index >= 15 is 0 Å². The summed E-state index contributed by atoms with van der Waals surface area (Å²) in [6, 6.07) is 8.74. The minimum absolute atomic E-state index is 0.0261. The maximum Gasteiger partial charge on any atom is 0.244 e. The van der Waals surface area contributed by atoms with E-state index in [0.29, 0.717) is 4.47 Å². The highest BCUT2D eigenvalue weighted by Gasteiger charge is 2.22. The molecule has 0 bridgehead atoms. The van der Waals surface area contributed by atoms with Crippen LogP contribution >= 0.6 is 15.9 Å². The van der Waals surface area contributed by atoms with E-state index in [2.05, 4.69) is 25.6 Å². The quantitative estimate of drug-likeness (QED) is 0.867. The standard InChI is InChI=1S/C14H16BrN3O2S/c1-9-3-5-11(6-4-9)10(2)18-21(19,20)13-7-12(15)8-17-14(13)16/h3-8,10,18H,1-2H3,(H2,16,17). The van der Waals surface area contributed by atoms with Gasteiger partial charge in [-0.2, -0.15) is 0 Å². The Balaban J connectivity index is 2.28. The average molecular weight is 370 g/mol. The summed E-state index contributed by atoms with van der Waals surface area (Å²) >= 11 is 3.20. The summed E-state index contributed by atoms with van der Waals surface area (Å²) in [4.78, 5) is 3.82. The van der Waals surface area contributed by atoms with Gasteiger partial charge in [0.25, 0.3) is 0 Å². The molecular formula is C14H16BrN3O2S. The second-order valence-corrected chi connectivity index (χ2v) is 7.39. The van der Waals surface area contributed by atoms with Gasteiger partial charge in [0.05, 0.1) is 0 Å². The Morgan fingerprint density at radius 3 is 2.52 bits per heavy atom. The van der Waals surface area contributed by atoms with E-state index in [-0.39, 0.29) is 16.8 Å². The molecule has 2 aromatic rings. The highest BCUT2D eigenvalue weighted by atomic mass is 79.9. The SMILES string of the molecule is Cc1ccc(C(C)NS(=O)(=O)c2cc(Br)cnc2N)cc1.